The third-order valence-corrected chi connectivity index (χ3v) is 13.9. The minimum absolute atomic E-state index is 0.0943. The third-order valence-electron chi connectivity index (χ3n) is 10.1. The zero-order valence-corrected chi connectivity index (χ0v) is 36.9. The van der Waals surface area contributed by atoms with Crippen LogP contribution in [0.4, 0.5) is 11.9 Å². The number of carbonyl (C=O) groups is 2. The third kappa shape index (κ3) is 11.3. The number of fused-ring (bicyclic) bond motifs is 3. The Hall–Kier alpha value is -5.89. The largest absolute Gasteiger partial charge is 0.508 e. The molecule has 1 aliphatic carbocycles. The van der Waals surface area contributed by atoms with Gasteiger partial charge in [0, 0.05) is 47.3 Å². The van der Waals surface area contributed by atoms with E-state index < -0.39 is 72.1 Å². The lowest BCUT2D eigenvalue weighted by Crippen LogP contribution is -2.34. The van der Waals surface area contributed by atoms with E-state index in [1.54, 1.807) is 6.07 Å². The first kappa shape index (κ1) is 49.0. The average molecular weight is 996 g/mol. The van der Waals surface area contributed by atoms with Crippen molar-refractivity contribution >= 4 is 69.4 Å². The molecule has 0 radical (unpaired) electrons. The summed E-state index contributed by atoms with van der Waals surface area (Å²) in [7, 11) is -17.2. The second-order valence-electron chi connectivity index (χ2n) is 14.8. The molecule has 1 fully saturated rings. The van der Waals surface area contributed by atoms with Gasteiger partial charge < -0.3 is 65.5 Å². The molecule has 1 saturated heterocycles. The average Bonchev–Trinajstić information content (AvgIpc) is 3.72. The number of phenols is 1. The lowest BCUT2D eigenvalue weighted by molar-refractivity contribution is -0.0493. The van der Waals surface area contributed by atoms with Crippen molar-refractivity contribution in [2.45, 2.75) is 50.2 Å². The highest BCUT2D eigenvalue weighted by molar-refractivity contribution is 7.66. The number of carbonyl (C=O) groups excluding carboxylic acids is 1. The molecule has 30 heteroatoms. The van der Waals surface area contributed by atoms with Gasteiger partial charge in [0.05, 0.1) is 12.2 Å². The van der Waals surface area contributed by atoms with Crippen molar-refractivity contribution in [2.75, 3.05) is 30.7 Å². The molecular formula is C37H40N7O20P3. The summed E-state index contributed by atoms with van der Waals surface area (Å²) in [5.74, 6) is -2.19. The number of nitrogens with one attached hydrogen (secondary N) is 3. The fraction of sp³-hybridized carbons (Fsp3) is 0.297. The Labute approximate surface area is 374 Å². The smallest absolute Gasteiger partial charge is 0.490 e. The molecule has 0 saturated carbocycles. The van der Waals surface area contributed by atoms with E-state index in [-0.39, 0.29) is 75.4 Å². The number of carboxylic acid groups (broad SMARTS) is 1. The Kier molecular flexibility index (Phi) is 14.2. The van der Waals surface area contributed by atoms with Crippen LogP contribution in [0.1, 0.15) is 52.6 Å². The maximum atomic E-state index is 13.4. The van der Waals surface area contributed by atoms with Gasteiger partial charge in [-0.1, -0.05) is 12.8 Å². The van der Waals surface area contributed by atoms with Crippen molar-refractivity contribution in [3.8, 4) is 28.2 Å². The molecule has 2 aromatic carbocycles. The van der Waals surface area contributed by atoms with Crippen LogP contribution >= 0.6 is 23.5 Å². The number of amides is 1. The fourth-order valence-corrected chi connectivity index (χ4v) is 10.3. The van der Waals surface area contributed by atoms with Crippen LogP contribution in [-0.2, 0) is 31.6 Å². The first-order valence-corrected chi connectivity index (χ1v) is 24.2. The zero-order valence-electron chi connectivity index (χ0n) is 34.2. The zero-order chi connectivity index (χ0) is 48.6. The molecule has 1 amide bonds. The van der Waals surface area contributed by atoms with Gasteiger partial charge in [0.15, 0.2) is 22.8 Å². The SMILES string of the molecule is Nc1nc2c(nc(NCCCCCCNC(=O)c3ccc(C(=O)O)c(-c4c5ccc(=O)cc-5oc5cc(O)ccc45)c3)n2[C@@H]2O[C@H](COP(=O)(O)OP(=O)(O)OP(=O)(O)O)[C@@H](O)[C@H]2O)c(=O)[nH]1. The van der Waals surface area contributed by atoms with Crippen LogP contribution in [0.5, 0.6) is 5.75 Å². The summed E-state index contributed by atoms with van der Waals surface area (Å²) >= 11 is 0. The number of hydrogen-bond acceptors (Lipinski definition) is 19. The van der Waals surface area contributed by atoms with E-state index in [2.05, 4.69) is 38.7 Å². The topological polar surface area (TPSA) is 428 Å². The number of nitrogens with zero attached hydrogens (tertiary/aromatic N) is 3. The fourth-order valence-electron chi connectivity index (χ4n) is 7.25. The molecule has 2 aliphatic heterocycles. The first-order valence-electron chi connectivity index (χ1n) is 19.7. The molecule has 7 rings (SSSR count). The maximum absolute atomic E-state index is 13.4. The number of aromatic nitrogens is 4. The van der Waals surface area contributed by atoms with E-state index in [4.69, 9.17) is 24.7 Å². The number of carboxylic acids is 1. The predicted molar refractivity (Wildman–Crippen MR) is 231 cm³/mol. The molecule has 67 heavy (non-hydrogen) atoms. The summed E-state index contributed by atoms with van der Waals surface area (Å²) in [6.45, 7) is -0.674. The van der Waals surface area contributed by atoms with Gasteiger partial charge >= 0.3 is 29.4 Å². The Morgan fingerprint density at radius 2 is 1.60 bits per heavy atom. The van der Waals surface area contributed by atoms with Gasteiger partial charge in [-0.05, 0) is 60.9 Å². The molecule has 4 heterocycles. The van der Waals surface area contributed by atoms with E-state index in [1.807, 2.05) is 0 Å². The van der Waals surface area contributed by atoms with E-state index in [9.17, 15) is 63.1 Å². The highest BCUT2D eigenvalue weighted by Crippen LogP contribution is 2.66. The number of ether oxygens (including phenoxy) is 1. The molecule has 358 valence electrons. The number of aromatic amines is 1. The van der Waals surface area contributed by atoms with Gasteiger partial charge in [-0.25, -0.2) is 23.5 Å². The van der Waals surface area contributed by atoms with Crippen LogP contribution in [0.25, 0.3) is 44.6 Å². The molecule has 0 bridgehead atoms. The number of rotatable bonds is 19. The summed E-state index contributed by atoms with van der Waals surface area (Å²) in [5, 5.41) is 48.2. The monoisotopic (exact) mass is 995 g/mol. The molecule has 2 unspecified atom stereocenters. The van der Waals surface area contributed by atoms with Crippen LogP contribution in [0.2, 0.25) is 0 Å². The van der Waals surface area contributed by atoms with Gasteiger partial charge in [-0.2, -0.15) is 13.6 Å². The molecule has 0 spiro atoms. The highest BCUT2D eigenvalue weighted by atomic mass is 31.3. The Morgan fingerprint density at radius 1 is 0.866 bits per heavy atom. The minimum atomic E-state index is -5.86. The van der Waals surface area contributed by atoms with Gasteiger partial charge in [0.2, 0.25) is 11.9 Å². The number of aliphatic hydroxyl groups excluding tert-OH is 2. The van der Waals surface area contributed by atoms with Crippen LogP contribution in [0, 0.1) is 0 Å². The number of benzene rings is 3. The van der Waals surface area contributed by atoms with Crippen molar-refractivity contribution in [1.29, 1.82) is 0 Å². The van der Waals surface area contributed by atoms with Crippen LogP contribution in [0.15, 0.2) is 68.6 Å². The highest BCUT2D eigenvalue weighted by Gasteiger charge is 2.48. The number of aromatic hydroxyl groups is 1. The van der Waals surface area contributed by atoms with E-state index in [0.717, 1.165) is 4.57 Å². The number of phosphoric acid groups is 3. The van der Waals surface area contributed by atoms with Gasteiger partial charge in [0.25, 0.3) is 11.5 Å². The molecule has 27 nitrogen and oxygen atoms in total. The Morgan fingerprint density at radius 3 is 2.31 bits per heavy atom. The van der Waals surface area contributed by atoms with Crippen molar-refractivity contribution in [3.05, 3.63) is 86.3 Å². The van der Waals surface area contributed by atoms with Crippen LogP contribution < -0.4 is 27.4 Å². The molecule has 4 aromatic rings. The van der Waals surface area contributed by atoms with Gasteiger partial charge in [0.1, 0.15) is 35.4 Å². The number of nitrogen functional groups attached to an aromatic ring is 1. The van der Waals surface area contributed by atoms with Crippen molar-refractivity contribution in [2.24, 2.45) is 0 Å². The van der Waals surface area contributed by atoms with E-state index in [1.165, 1.54) is 48.5 Å². The number of aliphatic hydroxyl groups is 2. The minimum Gasteiger partial charge on any atom is -0.508 e. The second kappa shape index (κ2) is 19.4. The number of hydrogen-bond donors (Lipinski definition) is 12. The van der Waals surface area contributed by atoms with Crippen molar-refractivity contribution in [1.82, 2.24) is 24.8 Å². The summed E-state index contributed by atoms with van der Waals surface area (Å²) in [6.07, 6.45) is -4.84. The summed E-state index contributed by atoms with van der Waals surface area (Å²) in [4.78, 5) is 98.1. The number of H-pyrrole nitrogens is 1. The van der Waals surface area contributed by atoms with E-state index >= 15 is 0 Å². The van der Waals surface area contributed by atoms with Gasteiger partial charge in [-0.15, -0.1) is 0 Å². The number of phenolic OH excluding ortho intramolecular Hbond substituents is 1. The second-order valence-corrected chi connectivity index (χ2v) is 19.3. The predicted octanol–water partition coefficient (Wildman–Crippen LogP) is 2.35. The molecule has 3 aliphatic rings. The molecule has 13 N–H and O–H groups in total. The van der Waals surface area contributed by atoms with Crippen molar-refractivity contribution in [3.63, 3.8) is 0 Å². The van der Waals surface area contributed by atoms with Crippen molar-refractivity contribution < 1.29 is 85.6 Å². The number of anilines is 2. The number of phosphoric ester groups is 1. The lowest BCUT2D eigenvalue weighted by Gasteiger charge is -2.20. The summed E-state index contributed by atoms with van der Waals surface area (Å²) in [5.41, 5.74) is 5.30. The number of imidazole rings is 1. The normalized spacial score (nSPS) is 19.4. The first-order chi connectivity index (χ1) is 31.5. The number of unbranched alkanes of at least 4 members (excludes halogenated alkanes) is 3. The van der Waals surface area contributed by atoms with Gasteiger partial charge in [-0.3, -0.25) is 28.5 Å². The lowest BCUT2D eigenvalue weighted by atomic mass is 9.89. The van der Waals surface area contributed by atoms with Crippen LogP contribution in [0.3, 0.4) is 0 Å². The quantitative estimate of drug-likeness (QED) is 0.0315. The maximum Gasteiger partial charge on any atom is 0.490 e. The molecule has 6 atom stereocenters. The Balaban J connectivity index is 0.968. The number of nitrogens with two attached hydrogens (primary N) is 1. The van der Waals surface area contributed by atoms with E-state index in [0.29, 0.717) is 42.2 Å². The Bertz CT molecular complexity index is 3120. The summed E-state index contributed by atoms with van der Waals surface area (Å²) < 4.78 is 59.4. The standard InChI is InChI=1S/C37H40N7O20P3/c38-36-42-31-28(33(50)43-36)41-37(44(31)34-30(48)29(47)26(62-34)16-60-66(56,57)64-67(58,59)63-65(53,54)55)40-12-4-2-1-3-11-39-32(49)17-5-8-20(35(51)52)23(13-17)27-21-9-6-18(45)14-24(21)61-25-15-19(46)7-10-22(25)27/h5-10,13-15,26,29-30,34,45,47-48H,1-4,11-12,16H2,(H,39,49)(H,40,41)(H,51,52)(H,56,57)(H,58,59)(H2,53,54,55)(H3,38,42,43,50)/t26-,29-,30-,34-/m1/s1. The molecule has 2 aromatic heterocycles. The molecular weight excluding hydrogens is 955 g/mol. The van der Waals surface area contributed by atoms with Crippen LogP contribution in [-0.4, -0.2) is 109 Å². The number of aromatic carboxylic acids is 1. The summed E-state index contributed by atoms with van der Waals surface area (Å²) in [6, 6.07) is 12.4.